The number of fused-ring (bicyclic) bond motifs is 1. The normalized spacial score (nSPS) is 17.1. The van der Waals surface area contributed by atoms with E-state index in [0.717, 1.165) is 10.4 Å². The van der Waals surface area contributed by atoms with E-state index in [9.17, 15) is 14.7 Å². The number of hydrogen-bond donors (Lipinski definition) is 1. The van der Waals surface area contributed by atoms with Crippen LogP contribution in [0.3, 0.4) is 0 Å². The number of thiophene rings is 1. The van der Waals surface area contributed by atoms with Gasteiger partial charge in [0.15, 0.2) is 0 Å². The zero-order chi connectivity index (χ0) is 14.3. The molecule has 1 aromatic heterocycles. The van der Waals surface area contributed by atoms with Gasteiger partial charge in [-0.2, -0.15) is 0 Å². The predicted molar refractivity (Wildman–Crippen MR) is 77.4 cm³/mol. The Labute approximate surface area is 120 Å². The number of amides is 1. The fourth-order valence-corrected chi connectivity index (χ4v) is 3.31. The summed E-state index contributed by atoms with van der Waals surface area (Å²) in [6, 6.07) is 10.2. The number of aliphatic carboxylic acids is 1. The SMILES string of the molecule is Cc1ccc(C(=O)N2c3ccccc3CC2C(=O)O)s1. The number of aryl methyl sites for hydroxylation is 1. The highest BCUT2D eigenvalue weighted by Crippen LogP contribution is 2.34. The number of carboxylic acid groups (broad SMARTS) is 1. The van der Waals surface area contributed by atoms with E-state index in [2.05, 4.69) is 0 Å². The molecule has 5 heteroatoms. The summed E-state index contributed by atoms with van der Waals surface area (Å²) in [5.41, 5.74) is 1.61. The number of nitrogens with zero attached hydrogens (tertiary/aromatic N) is 1. The maximum atomic E-state index is 12.6. The van der Waals surface area contributed by atoms with Crippen molar-refractivity contribution in [3.63, 3.8) is 0 Å². The molecule has 4 nitrogen and oxygen atoms in total. The van der Waals surface area contributed by atoms with Crippen LogP contribution in [0, 0.1) is 6.92 Å². The van der Waals surface area contributed by atoms with Crippen LogP contribution in [0.1, 0.15) is 20.1 Å². The molecule has 1 N–H and O–H groups in total. The van der Waals surface area contributed by atoms with E-state index in [-0.39, 0.29) is 5.91 Å². The van der Waals surface area contributed by atoms with Gasteiger partial charge in [-0.05, 0) is 30.7 Å². The topological polar surface area (TPSA) is 57.6 Å². The highest BCUT2D eigenvalue weighted by molar-refractivity contribution is 7.14. The van der Waals surface area contributed by atoms with Gasteiger partial charge in [0.05, 0.1) is 4.88 Å². The second kappa shape index (κ2) is 4.76. The summed E-state index contributed by atoms with van der Waals surface area (Å²) in [5, 5.41) is 9.37. The molecule has 2 aromatic rings. The van der Waals surface area contributed by atoms with Crippen LogP contribution in [0.2, 0.25) is 0 Å². The lowest BCUT2D eigenvalue weighted by atomic mass is 10.1. The van der Waals surface area contributed by atoms with Gasteiger partial charge in [0.25, 0.3) is 5.91 Å². The van der Waals surface area contributed by atoms with Crippen LogP contribution in [0.15, 0.2) is 36.4 Å². The summed E-state index contributed by atoms with van der Waals surface area (Å²) in [7, 11) is 0. The molecule has 0 saturated heterocycles. The van der Waals surface area contributed by atoms with Gasteiger partial charge >= 0.3 is 5.97 Å². The quantitative estimate of drug-likeness (QED) is 0.924. The van der Waals surface area contributed by atoms with Crippen molar-refractivity contribution in [2.75, 3.05) is 4.90 Å². The predicted octanol–water partition coefficient (Wildman–Crippen LogP) is 2.71. The van der Waals surface area contributed by atoms with Crippen molar-refractivity contribution in [2.45, 2.75) is 19.4 Å². The number of carbonyl (C=O) groups excluding carboxylic acids is 1. The van der Waals surface area contributed by atoms with Crippen LogP contribution in [-0.2, 0) is 11.2 Å². The molecule has 0 bridgehead atoms. The Kier molecular flexibility index (Phi) is 3.06. The lowest BCUT2D eigenvalue weighted by Gasteiger charge is -2.21. The van der Waals surface area contributed by atoms with Crippen LogP contribution in [0.4, 0.5) is 5.69 Å². The molecule has 2 heterocycles. The Morgan fingerprint density at radius 1 is 1.25 bits per heavy atom. The first-order chi connectivity index (χ1) is 9.58. The number of para-hydroxylation sites is 1. The van der Waals surface area contributed by atoms with Gasteiger partial charge in [0, 0.05) is 17.0 Å². The minimum atomic E-state index is -0.970. The summed E-state index contributed by atoms with van der Waals surface area (Å²) >= 11 is 1.39. The molecule has 102 valence electrons. The first kappa shape index (κ1) is 12.9. The van der Waals surface area contributed by atoms with Crippen LogP contribution >= 0.6 is 11.3 Å². The summed E-state index contributed by atoms with van der Waals surface area (Å²) in [4.78, 5) is 27.1. The third-order valence-electron chi connectivity index (χ3n) is 3.43. The zero-order valence-electron chi connectivity index (χ0n) is 10.9. The number of carbonyl (C=O) groups is 2. The molecule has 0 saturated carbocycles. The Balaban J connectivity index is 2.04. The molecule has 20 heavy (non-hydrogen) atoms. The Morgan fingerprint density at radius 2 is 2.00 bits per heavy atom. The van der Waals surface area contributed by atoms with E-state index in [0.29, 0.717) is 17.0 Å². The molecule has 0 radical (unpaired) electrons. The summed E-state index contributed by atoms with van der Waals surface area (Å²) < 4.78 is 0. The molecule has 1 amide bonds. The third kappa shape index (κ3) is 2.00. The molecule has 1 aromatic carbocycles. The minimum absolute atomic E-state index is 0.236. The Morgan fingerprint density at radius 3 is 2.65 bits per heavy atom. The van der Waals surface area contributed by atoms with Crippen molar-refractivity contribution >= 4 is 28.9 Å². The van der Waals surface area contributed by atoms with E-state index >= 15 is 0 Å². The van der Waals surface area contributed by atoms with E-state index < -0.39 is 12.0 Å². The first-order valence-electron chi connectivity index (χ1n) is 6.28. The number of rotatable bonds is 2. The number of carboxylic acids is 1. The van der Waals surface area contributed by atoms with E-state index in [1.807, 2.05) is 31.2 Å². The maximum Gasteiger partial charge on any atom is 0.327 e. The minimum Gasteiger partial charge on any atom is -0.480 e. The fourth-order valence-electron chi connectivity index (χ4n) is 2.50. The summed E-state index contributed by atoms with van der Waals surface area (Å²) in [6.07, 6.45) is 0.363. The molecule has 0 fully saturated rings. The smallest absolute Gasteiger partial charge is 0.327 e. The van der Waals surface area contributed by atoms with Crippen molar-refractivity contribution in [2.24, 2.45) is 0 Å². The van der Waals surface area contributed by atoms with Gasteiger partial charge in [-0.1, -0.05) is 18.2 Å². The van der Waals surface area contributed by atoms with Gasteiger partial charge in [0.1, 0.15) is 6.04 Å². The van der Waals surface area contributed by atoms with Crippen molar-refractivity contribution in [1.29, 1.82) is 0 Å². The third-order valence-corrected chi connectivity index (χ3v) is 4.42. The van der Waals surface area contributed by atoms with Crippen LogP contribution in [0.25, 0.3) is 0 Å². The fraction of sp³-hybridized carbons (Fsp3) is 0.200. The van der Waals surface area contributed by atoms with Crippen molar-refractivity contribution in [1.82, 2.24) is 0 Å². The lowest BCUT2D eigenvalue weighted by Crippen LogP contribution is -2.42. The summed E-state index contributed by atoms with van der Waals surface area (Å²) in [6.45, 7) is 1.92. The average Bonchev–Trinajstić information content (AvgIpc) is 3.01. The molecule has 0 aliphatic carbocycles. The van der Waals surface area contributed by atoms with Crippen LogP contribution in [-0.4, -0.2) is 23.0 Å². The van der Waals surface area contributed by atoms with Crippen molar-refractivity contribution in [3.05, 3.63) is 51.7 Å². The Hall–Kier alpha value is -2.14. The molecular formula is C15H13NO3S. The van der Waals surface area contributed by atoms with E-state index in [4.69, 9.17) is 0 Å². The zero-order valence-corrected chi connectivity index (χ0v) is 11.7. The van der Waals surface area contributed by atoms with Crippen LogP contribution in [0.5, 0.6) is 0 Å². The van der Waals surface area contributed by atoms with Gasteiger partial charge in [-0.25, -0.2) is 4.79 Å². The lowest BCUT2D eigenvalue weighted by molar-refractivity contribution is -0.138. The van der Waals surface area contributed by atoms with E-state index in [1.54, 1.807) is 12.1 Å². The maximum absolute atomic E-state index is 12.6. The molecule has 0 spiro atoms. The number of anilines is 1. The van der Waals surface area contributed by atoms with Gasteiger partial charge in [0.2, 0.25) is 0 Å². The first-order valence-corrected chi connectivity index (χ1v) is 7.10. The molecule has 1 aliphatic rings. The molecule has 3 rings (SSSR count). The monoisotopic (exact) mass is 287 g/mol. The standard InChI is InChI=1S/C15H13NO3S/c1-9-6-7-13(20-9)14(17)16-11-5-3-2-4-10(11)8-12(16)15(18)19/h2-7,12H,8H2,1H3,(H,18,19). The van der Waals surface area contributed by atoms with E-state index in [1.165, 1.54) is 16.2 Å². The van der Waals surface area contributed by atoms with Gasteiger partial charge in [-0.15, -0.1) is 11.3 Å². The highest BCUT2D eigenvalue weighted by Gasteiger charge is 2.38. The second-order valence-corrected chi connectivity index (χ2v) is 6.06. The Bertz CT molecular complexity index is 692. The van der Waals surface area contributed by atoms with Gasteiger partial charge < -0.3 is 5.11 Å². The highest BCUT2D eigenvalue weighted by atomic mass is 32.1. The number of benzene rings is 1. The largest absolute Gasteiger partial charge is 0.480 e. The van der Waals surface area contributed by atoms with Crippen molar-refractivity contribution in [3.8, 4) is 0 Å². The molecule has 1 unspecified atom stereocenters. The second-order valence-electron chi connectivity index (χ2n) is 4.77. The molecule has 1 aliphatic heterocycles. The molecule has 1 atom stereocenters. The summed E-state index contributed by atoms with van der Waals surface area (Å²) in [5.74, 6) is -1.21. The van der Waals surface area contributed by atoms with Crippen LogP contribution < -0.4 is 4.90 Å². The van der Waals surface area contributed by atoms with Crippen molar-refractivity contribution < 1.29 is 14.7 Å². The number of hydrogen-bond acceptors (Lipinski definition) is 3. The molecular weight excluding hydrogens is 274 g/mol. The average molecular weight is 287 g/mol. The van der Waals surface area contributed by atoms with Gasteiger partial charge in [-0.3, -0.25) is 9.69 Å².